The van der Waals surface area contributed by atoms with Crippen LogP contribution >= 0.6 is 15.6 Å². The van der Waals surface area contributed by atoms with Gasteiger partial charge < -0.3 is 34.2 Å². The summed E-state index contributed by atoms with van der Waals surface area (Å²) in [6, 6.07) is 0. The quantitative estimate of drug-likeness (QED) is 0.0146. The molecule has 0 spiro atoms. The molecule has 0 bridgehead atoms. The van der Waals surface area contributed by atoms with Crippen LogP contribution in [0.3, 0.4) is 0 Å². The van der Waals surface area contributed by atoms with Crippen molar-refractivity contribution in [2.24, 2.45) is 0 Å². The third-order valence-corrected chi connectivity index (χ3v) is 20.9. The van der Waals surface area contributed by atoms with E-state index in [1.54, 1.807) is 0 Å². The molecule has 0 aromatic rings. The summed E-state index contributed by atoms with van der Waals surface area (Å²) in [7, 11) is -9.80. The summed E-state index contributed by atoms with van der Waals surface area (Å²) in [6.07, 6.45) is 109. The molecule has 0 aliphatic rings. The van der Waals surface area contributed by atoms with Crippen LogP contribution in [0.25, 0.3) is 0 Å². The molecule has 113 heavy (non-hydrogen) atoms. The van der Waals surface area contributed by atoms with Crippen LogP contribution in [-0.2, 0) is 55.8 Å². The van der Waals surface area contributed by atoms with Gasteiger partial charge in [0.15, 0.2) is 6.10 Å². The van der Waals surface area contributed by atoms with Gasteiger partial charge in [0.25, 0.3) is 0 Å². The number of unbranched alkanes of at least 4 members (excludes halogenated alkanes) is 38. The fourth-order valence-electron chi connectivity index (χ4n) is 12.3. The first-order valence-corrected chi connectivity index (χ1v) is 48.1. The Hall–Kier alpha value is -4.57. The molecule has 0 saturated carbocycles. The lowest BCUT2D eigenvalue weighted by Gasteiger charge is -2.21. The summed E-state index contributed by atoms with van der Waals surface area (Å²) < 4.78 is 61.3. The van der Waals surface area contributed by atoms with Crippen LogP contribution < -0.4 is 0 Å². The third-order valence-electron chi connectivity index (χ3n) is 19.0. The standard InChI is InChI=1S/C95H164O16P2/c1-4-7-10-13-16-19-22-25-27-29-31-33-35-37-39-41-43-44-46-48-49-51-53-55-57-59-61-64-66-69-72-75-78-81-93(98)105-84-90(96)85-107-112(101,102)108-86-91(97)87-109-113(103,104)110-89-92(111-95(100)83-80-77-74-71-68-63-24-21-18-15-12-9-6-3)88-106-94(99)82-79-76-73-70-67-65-62-60-58-56-54-52-50-47-45-42-40-38-36-34-32-30-28-26-23-20-17-14-11-8-5-2/h7-8,10-12,15-17,19-21,24-28,31-34,37-40,90-92,96-97H,4-6,9,13-14,18,22-23,29-30,35-36,41-89H2,1-3H3,(H,101,102)(H,103,104)/b10-7-,11-8-,15-12-,19-16-,20-17-,24-21-,27-25-,28-26-,33-31-,34-32-,39-37-,40-38-. The molecule has 5 atom stereocenters. The lowest BCUT2D eigenvalue weighted by Crippen LogP contribution is -2.30. The number of ether oxygens (including phenoxy) is 3. The normalized spacial score (nSPS) is 14.5. The van der Waals surface area contributed by atoms with Gasteiger partial charge in [-0.05, 0) is 135 Å². The number of hydrogen-bond acceptors (Lipinski definition) is 14. The number of aliphatic hydroxyl groups is 2. The fraction of sp³-hybridized carbons (Fsp3) is 0.716. The van der Waals surface area contributed by atoms with Crippen molar-refractivity contribution in [2.75, 3.05) is 39.6 Å². The molecule has 0 aromatic carbocycles. The zero-order chi connectivity index (χ0) is 82.2. The van der Waals surface area contributed by atoms with Crippen molar-refractivity contribution in [3.63, 3.8) is 0 Å². The van der Waals surface area contributed by atoms with E-state index in [2.05, 4.69) is 167 Å². The lowest BCUT2D eigenvalue weighted by atomic mass is 10.0. The zero-order valence-corrected chi connectivity index (χ0v) is 73.3. The van der Waals surface area contributed by atoms with E-state index in [0.29, 0.717) is 19.3 Å². The molecule has 16 nitrogen and oxygen atoms in total. The van der Waals surface area contributed by atoms with Crippen molar-refractivity contribution < 1.29 is 75.8 Å². The van der Waals surface area contributed by atoms with Crippen LogP contribution in [0.4, 0.5) is 0 Å². The highest BCUT2D eigenvalue weighted by Gasteiger charge is 2.29. The van der Waals surface area contributed by atoms with E-state index in [1.807, 2.05) is 0 Å². The summed E-state index contributed by atoms with van der Waals surface area (Å²) in [4.78, 5) is 58.8. The first-order valence-electron chi connectivity index (χ1n) is 45.1. The highest BCUT2D eigenvalue weighted by Crippen LogP contribution is 2.45. The van der Waals surface area contributed by atoms with Gasteiger partial charge >= 0.3 is 33.6 Å². The molecule has 0 aliphatic heterocycles. The molecule has 0 saturated heterocycles. The van der Waals surface area contributed by atoms with Gasteiger partial charge in [0, 0.05) is 19.3 Å². The Balaban J connectivity index is 4.39. The number of phosphoric acid groups is 2. The summed E-state index contributed by atoms with van der Waals surface area (Å²) in [5.74, 6) is -1.58. The van der Waals surface area contributed by atoms with Crippen LogP contribution in [0.15, 0.2) is 146 Å². The Morgan fingerprint density at radius 1 is 0.257 bits per heavy atom. The van der Waals surface area contributed by atoms with Gasteiger partial charge in [0.1, 0.15) is 25.4 Å². The molecule has 650 valence electrons. The second-order valence-electron chi connectivity index (χ2n) is 30.0. The molecule has 0 aromatic heterocycles. The van der Waals surface area contributed by atoms with Crippen LogP contribution in [0, 0.1) is 0 Å². The molecule has 0 amide bonds. The average Bonchev–Trinajstić information content (AvgIpc) is 0.903. The minimum absolute atomic E-state index is 0.0877. The molecular weight excluding hydrogens is 1460 g/mol. The van der Waals surface area contributed by atoms with Crippen molar-refractivity contribution in [1.29, 1.82) is 0 Å². The summed E-state index contributed by atoms with van der Waals surface area (Å²) in [5.41, 5.74) is 0. The van der Waals surface area contributed by atoms with Crippen molar-refractivity contribution in [3.05, 3.63) is 146 Å². The van der Waals surface area contributed by atoms with Crippen molar-refractivity contribution >= 4 is 33.6 Å². The van der Waals surface area contributed by atoms with Gasteiger partial charge in [-0.3, -0.25) is 32.5 Å². The molecule has 5 unspecified atom stereocenters. The molecule has 0 fully saturated rings. The number of aliphatic hydroxyl groups excluding tert-OH is 2. The Labute approximate surface area is 689 Å². The minimum Gasteiger partial charge on any atom is -0.463 e. The monoisotopic (exact) mass is 1620 g/mol. The zero-order valence-electron chi connectivity index (χ0n) is 71.5. The van der Waals surface area contributed by atoms with Gasteiger partial charge in [-0.2, -0.15) is 0 Å². The van der Waals surface area contributed by atoms with Gasteiger partial charge in [-0.1, -0.05) is 372 Å². The van der Waals surface area contributed by atoms with Gasteiger partial charge in [-0.15, -0.1) is 0 Å². The van der Waals surface area contributed by atoms with Gasteiger partial charge in [0.05, 0.1) is 26.4 Å². The first kappa shape index (κ1) is 108. The second-order valence-corrected chi connectivity index (χ2v) is 32.9. The second kappa shape index (κ2) is 86.8. The van der Waals surface area contributed by atoms with E-state index in [1.165, 1.54) is 167 Å². The van der Waals surface area contributed by atoms with Crippen molar-refractivity contribution in [2.45, 2.75) is 399 Å². The van der Waals surface area contributed by atoms with Crippen molar-refractivity contribution in [3.8, 4) is 0 Å². The molecule has 0 aliphatic carbocycles. The maximum Gasteiger partial charge on any atom is 0.472 e. The smallest absolute Gasteiger partial charge is 0.463 e. The summed E-state index contributed by atoms with van der Waals surface area (Å²) >= 11 is 0. The summed E-state index contributed by atoms with van der Waals surface area (Å²) in [5, 5.41) is 20.7. The highest BCUT2D eigenvalue weighted by molar-refractivity contribution is 7.47. The summed E-state index contributed by atoms with van der Waals surface area (Å²) in [6.45, 7) is 2.42. The molecule has 0 rings (SSSR count). The van der Waals surface area contributed by atoms with E-state index >= 15 is 0 Å². The van der Waals surface area contributed by atoms with Crippen LogP contribution in [-0.4, -0.2) is 95.9 Å². The van der Waals surface area contributed by atoms with Crippen LogP contribution in [0.2, 0.25) is 0 Å². The van der Waals surface area contributed by atoms with Crippen LogP contribution in [0.5, 0.6) is 0 Å². The number of carbonyl (C=O) groups is 3. The minimum atomic E-state index is -4.94. The Morgan fingerprint density at radius 3 is 0.743 bits per heavy atom. The number of carbonyl (C=O) groups excluding carboxylic acids is 3. The topological polar surface area (TPSA) is 231 Å². The maximum atomic E-state index is 13.0. The largest absolute Gasteiger partial charge is 0.472 e. The number of allylic oxidation sites excluding steroid dienone is 24. The van der Waals surface area contributed by atoms with E-state index < -0.39 is 91.5 Å². The molecule has 0 heterocycles. The molecule has 18 heteroatoms. The van der Waals surface area contributed by atoms with E-state index in [9.17, 15) is 43.5 Å². The number of phosphoric ester groups is 2. The first-order chi connectivity index (χ1) is 55.2. The number of rotatable bonds is 85. The molecule has 4 N–H and O–H groups in total. The van der Waals surface area contributed by atoms with Gasteiger partial charge in [-0.25, -0.2) is 9.13 Å². The van der Waals surface area contributed by atoms with E-state index in [0.717, 1.165) is 154 Å². The van der Waals surface area contributed by atoms with E-state index in [4.69, 9.17) is 32.3 Å². The SMILES string of the molecule is CC/C=C\C/C=C\C/C=C\C/C=C\C/C=C\CCCCCCCCCCCCCCCCCCCC(=O)OCC(O)COP(=O)(O)OCC(O)COP(=O)(O)OCC(COC(=O)CCCCCCCCCCCCCCCCC/C=C\C/C=C\C/C=C\C/C=C\C/C=C\CC)OC(=O)CCCCCCC/C=C\C/C=C\CCC. The Kier molecular flexibility index (Phi) is 83.3. The number of hydrogen-bond donors (Lipinski definition) is 4. The highest BCUT2D eigenvalue weighted by atomic mass is 31.2. The van der Waals surface area contributed by atoms with Gasteiger partial charge in [0.2, 0.25) is 0 Å². The number of esters is 3. The Morgan fingerprint density at radius 2 is 0.469 bits per heavy atom. The molecular formula is C95H164O16P2. The van der Waals surface area contributed by atoms with Crippen molar-refractivity contribution in [1.82, 2.24) is 0 Å². The molecule has 0 radical (unpaired) electrons. The van der Waals surface area contributed by atoms with Crippen LogP contribution in [0.1, 0.15) is 380 Å². The maximum absolute atomic E-state index is 13.0. The van der Waals surface area contributed by atoms with E-state index in [-0.39, 0.29) is 19.3 Å². The predicted molar refractivity (Wildman–Crippen MR) is 473 cm³/mol. The average molecular weight is 1620 g/mol. The fourth-order valence-corrected chi connectivity index (χ4v) is 13.8. The Bertz CT molecular complexity index is 2630. The third kappa shape index (κ3) is 88.1. The predicted octanol–water partition coefficient (Wildman–Crippen LogP) is 27.6. The lowest BCUT2D eigenvalue weighted by molar-refractivity contribution is -0.161.